The highest BCUT2D eigenvalue weighted by Crippen LogP contribution is 2.29. The van der Waals surface area contributed by atoms with Crippen molar-refractivity contribution < 1.29 is 9.21 Å². The smallest absolute Gasteiger partial charge is 0.258 e. The van der Waals surface area contributed by atoms with Crippen molar-refractivity contribution in [3.8, 4) is 0 Å². The van der Waals surface area contributed by atoms with Crippen molar-refractivity contribution in [2.24, 2.45) is 0 Å². The molecule has 0 aliphatic heterocycles. The predicted octanol–water partition coefficient (Wildman–Crippen LogP) is 4.56. The SMILES string of the molecule is Cc1cc(C(=O)Nc2cc(Cl)c(C)cc2Br)co1. The van der Waals surface area contributed by atoms with E-state index in [1.165, 1.54) is 6.26 Å². The average Bonchev–Trinajstić information content (AvgIpc) is 2.73. The van der Waals surface area contributed by atoms with Crippen molar-refractivity contribution in [1.82, 2.24) is 0 Å². The first kappa shape index (κ1) is 13.2. The van der Waals surface area contributed by atoms with Crippen LogP contribution in [0.1, 0.15) is 21.7 Å². The lowest BCUT2D eigenvalue weighted by Gasteiger charge is -2.08. The van der Waals surface area contributed by atoms with E-state index in [2.05, 4.69) is 21.2 Å². The highest BCUT2D eigenvalue weighted by Gasteiger charge is 2.11. The Morgan fingerprint density at radius 1 is 1.33 bits per heavy atom. The highest BCUT2D eigenvalue weighted by atomic mass is 79.9. The molecule has 3 nitrogen and oxygen atoms in total. The van der Waals surface area contributed by atoms with Crippen LogP contribution in [0.4, 0.5) is 5.69 Å². The molecule has 1 aromatic carbocycles. The normalized spacial score (nSPS) is 10.4. The van der Waals surface area contributed by atoms with Crippen molar-refractivity contribution in [3.63, 3.8) is 0 Å². The molecule has 0 radical (unpaired) electrons. The minimum absolute atomic E-state index is 0.229. The summed E-state index contributed by atoms with van der Waals surface area (Å²) in [6, 6.07) is 5.25. The third-order valence-electron chi connectivity index (χ3n) is 2.49. The van der Waals surface area contributed by atoms with Crippen LogP contribution in [-0.4, -0.2) is 5.91 Å². The van der Waals surface area contributed by atoms with E-state index < -0.39 is 0 Å². The van der Waals surface area contributed by atoms with Crippen LogP contribution in [-0.2, 0) is 0 Å². The summed E-state index contributed by atoms with van der Waals surface area (Å²) >= 11 is 9.42. The van der Waals surface area contributed by atoms with Crippen molar-refractivity contribution in [2.45, 2.75) is 13.8 Å². The van der Waals surface area contributed by atoms with Gasteiger partial charge in [0.05, 0.1) is 11.3 Å². The third kappa shape index (κ3) is 2.76. The zero-order valence-corrected chi connectivity index (χ0v) is 12.2. The molecule has 0 saturated carbocycles. The molecule has 94 valence electrons. The van der Waals surface area contributed by atoms with E-state index in [4.69, 9.17) is 16.0 Å². The molecule has 18 heavy (non-hydrogen) atoms. The molecular weight excluding hydrogens is 318 g/mol. The number of nitrogens with one attached hydrogen (secondary N) is 1. The van der Waals surface area contributed by atoms with Crippen molar-refractivity contribution in [3.05, 3.63) is 50.8 Å². The molecule has 1 N–H and O–H groups in total. The van der Waals surface area contributed by atoms with Gasteiger partial charge in [0.1, 0.15) is 12.0 Å². The van der Waals surface area contributed by atoms with Gasteiger partial charge in [-0.15, -0.1) is 0 Å². The molecule has 0 saturated heterocycles. The van der Waals surface area contributed by atoms with E-state index in [1.54, 1.807) is 19.1 Å². The van der Waals surface area contributed by atoms with Gasteiger partial charge in [-0.3, -0.25) is 4.79 Å². The second-order valence-corrected chi connectivity index (χ2v) is 5.24. The van der Waals surface area contributed by atoms with Crippen LogP contribution in [0.5, 0.6) is 0 Å². The molecule has 0 spiro atoms. The second kappa shape index (κ2) is 5.16. The summed E-state index contributed by atoms with van der Waals surface area (Å²) in [5.74, 6) is 0.466. The van der Waals surface area contributed by atoms with Gasteiger partial charge < -0.3 is 9.73 Å². The molecule has 1 amide bonds. The first-order chi connectivity index (χ1) is 8.47. The Kier molecular flexibility index (Phi) is 3.78. The first-order valence-electron chi connectivity index (χ1n) is 5.29. The maximum atomic E-state index is 11.9. The number of halogens is 2. The fourth-order valence-electron chi connectivity index (χ4n) is 1.50. The van der Waals surface area contributed by atoms with Gasteiger partial charge in [0.15, 0.2) is 0 Å². The summed E-state index contributed by atoms with van der Waals surface area (Å²) in [5.41, 5.74) is 2.06. The van der Waals surface area contributed by atoms with Crippen molar-refractivity contribution >= 4 is 39.1 Å². The average molecular weight is 329 g/mol. The van der Waals surface area contributed by atoms with E-state index in [-0.39, 0.29) is 5.91 Å². The predicted molar refractivity (Wildman–Crippen MR) is 75.3 cm³/mol. The monoisotopic (exact) mass is 327 g/mol. The maximum Gasteiger partial charge on any atom is 0.258 e. The highest BCUT2D eigenvalue weighted by molar-refractivity contribution is 9.10. The van der Waals surface area contributed by atoms with Crippen LogP contribution >= 0.6 is 27.5 Å². The standard InChI is InChI=1S/C13H11BrClNO2/c1-7-3-10(14)12(5-11(7)15)16-13(17)9-4-8(2)18-6-9/h3-6H,1-2H3,(H,16,17). The number of aryl methyl sites for hydroxylation is 2. The third-order valence-corrected chi connectivity index (χ3v) is 3.55. The number of rotatable bonds is 2. The van der Waals surface area contributed by atoms with E-state index in [1.807, 2.05) is 13.0 Å². The number of amides is 1. The molecule has 0 atom stereocenters. The zero-order chi connectivity index (χ0) is 13.3. The molecule has 0 bridgehead atoms. The lowest BCUT2D eigenvalue weighted by Crippen LogP contribution is -2.11. The summed E-state index contributed by atoms with van der Waals surface area (Å²) < 4.78 is 5.89. The van der Waals surface area contributed by atoms with Gasteiger partial charge in [0.25, 0.3) is 5.91 Å². The number of benzene rings is 1. The Hall–Kier alpha value is -1.26. The van der Waals surface area contributed by atoms with Crippen LogP contribution in [0.25, 0.3) is 0 Å². The molecule has 0 unspecified atom stereocenters. The summed E-state index contributed by atoms with van der Waals surface area (Å²) in [7, 11) is 0. The maximum absolute atomic E-state index is 11.9. The summed E-state index contributed by atoms with van der Waals surface area (Å²) in [6.45, 7) is 3.69. The lowest BCUT2D eigenvalue weighted by molar-refractivity contribution is 0.102. The van der Waals surface area contributed by atoms with Crippen LogP contribution in [0.2, 0.25) is 5.02 Å². The quantitative estimate of drug-likeness (QED) is 0.877. The van der Waals surface area contributed by atoms with Gasteiger partial charge in [-0.1, -0.05) is 11.6 Å². The number of hydrogen-bond donors (Lipinski definition) is 1. The molecule has 5 heteroatoms. The Morgan fingerprint density at radius 3 is 2.67 bits per heavy atom. The van der Waals surface area contributed by atoms with Crippen molar-refractivity contribution in [2.75, 3.05) is 5.32 Å². The Morgan fingerprint density at radius 2 is 2.06 bits per heavy atom. The van der Waals surface area contributed by atoms with Gasteiger partial charge in [0.2, 0.25) is 0 Å². The van der Waals surface area contributed by atoms with Crippen LogP contribution < -0.4 is 5.32 Å². The summed E-state index contributed by atoms with van der Waals surface area (Å²) in [6.07, 6.45) is 1.42. The van der Waals surface area contributed by atoms with E-state index in [0.717, 1.165) is 10.0 Å². The second-order valence-electron chi connectivity index (χ2n) is 3.98. The Labute approximate surface area is 118 Å². The topological polar surface area (TPSA) is 42.2 Å². The molecule has 0 aliphatic rings. The molecule has 0 aliphatic carbocycles. The number of hydrogen-bond acceptors (Lipinski definition) is 2. The minimum Gasteiger partial charge on any atom is -0.469 e. The number of furan rings is 1. The van der Waals surface area contributed by atoms with Gasteiger partial charge in [-0.25, -0.2) is 0 Å². The van der Waals surface area contributed by atoms with Gasteiger partial charge in [-0.05, 0) is 53.5 Å². The zero-order valence-electron chi connectivity index (χ0n) is 9.88. The largest absolute Gasteiger partial charge is 0.469 e. The fraction of sp³-hybridized carbons (Fsp3) is 0.154. The molecule has 0 fully saturated rings. The Bertz CT molecular complexity index is 607. The first-order valence-corrected chi connectivity index (χ1v) is 6.46. The summed E-state index contributed by atoms with van der Waals surface area (Å²) in [5, 5.41) is 3.39. The Balaban J connectivity index is 2.24. The van der Waals surface area contributed by atoms with Crippen molar-refractivity contribution in [1.29, 1.82) is 0 Å². The van der Waals surface area contributed by atoms with Gasteiger partial charge in [-0.2, -0.15) is 0 Å². The number of carbonyl (C=O) groups is 1. The number of carbonyl (C=O) groups excluding carboxylic acids is 1. The van der Waals surface area contributed by atoms with Crippen LogP contribution in [0.15, 0.2) is 33.4 Å². The molecule has 2 aromatic rings. The van der Waals surface area contributed by atoms with Gasteiger partial charge in [0, 0.05) is 9.50 Å². The summed E-state index contributed by atoms with van der Waals surface area (Å²) in [4.78, 5) is 11.9. The van der Waals surface area contributed by atoms with Gasteiger partial charge >= 0.3 is 0 Å². The van der Waals surface area contributed by atoms with Crippen LogP contribution in [0.3, 0.4) is 0 Å². The van der Waals surface area contributed by atoms with E-state index in [0.29, 0.717) is 22.0 Å². The lowest BCUT2D eigenvalue weighted by atomic mass is 10.2. The fourth-order valence-corrected chi connectivity index (χ4v) is 2.22. The molecule has 1 heterocycles. The van der Waals surface area contributed by atoms with E-state index in [9.17, 15) is 4.79 Å². The minimum atomic E-state index is -0.229. The number of anilines is 1. The molecule has 1 aromatic heterocycles. The van der Waals surface area contributed by atoms with Crippen LogP contribution in [0, 0.1) is 13.8 Å². The molecular formula is C13H11BrClNO2. The molecule has 2 rings (SSSR count). The van der Waals surface area contributed by atoms with E-state index >= 15 is 0 Å².